The lowest BCUT2D eigenvalue weighted by molar-refractivity contribution is -0.147. The molecule has 8 heteroatoms. The van der Waals surface area contributed by atoms with E-state index in [9.17, 15) is 19.1 Å². The molecule has 0 aliphatic carbocycles. The van der Waals surface area contributed by atoms with E-state index in [-0.39, 0.29) is 26.4 Å². The van der Waals surface area contributed by atoms with Crippen LogP contribution >= 0.6 is 11.3 Å². The van der Waals surface area contributed by atoms with Crippen LogP contribution in [0.5, 0.6) is 0 Å². The van der Waals surface area contributed by atoms with Gasteiger partial charge < -0.3 is 19.5 Å². The second-order valence-corrected chi connectivity index (χ2v) is 6.44. The van der Waals surface area contributed by atoms with Crippen LogP contribution in [0, 0.1) is 5.82 Å². The van der Waals surface area contributed by atoms with Crippen molar-refractivity contribution in [1.82, 2.24) is 4.90 Å². The number of amides is 1. The number of halogens is 1. The van der Waals surface area contributed by atoms with Crippen molar-refractivity contribution >= 4 is 33.3 Å². The Labute approximate surface area is 141 Å². The summed E-state index contributed by atoms with van der Waals surface area (Å²) in [6.07, 6.45) is 0. The minimum Gasteiger partial charge on any atom is -0.480 e. The van der Waals surface area contributed by atoms with E-state index < -0.39 is 23.7 Å². The van der Waals surface area contributed by atoms with E-state index in [4.69, 9.17) is 9.47 Å². The number of methoxy groups -OCH3 is 1. The third-order valence-corrected chi connectivity index (χ3v) is 5.11. The highest BCUT2D eigenvalue weighted by molar-refractivity contribution is 7.21. The van der Waals surface area contributed by atoms with Crippen molar-refractivity contribution in [3.8, 4) is 0 Å². The number of aliphatic carboxylic acids is 1. The SMILES string of the molecule is COCc1c(C(=O)N2CCOC[C@@H]2C(=O)O)sc2cccc(F)c12. The average Bonchev–Trinajstić information content (AvgIpc) is 2.94. The Balaban J connectivity index is 2.07. The van der Waals surface area contributed by atoms with Crippen LogP contribution in [0.4, 0.5) is 4.39 Å². The number of thiophene rings is 1. The fraction of sp³-hybridized carbons (Fsp3) is 0.375. The van der Waals surface area contributed by atoms with E-state index in [0.717, 1.165) is 11.3 Å². The summed E-state index contributed by atoms with van der Waals surface area (Å²) in [7, 11) is 1.47. The van der Waals surface area contributed by atoms with Gasteiger partial charge in [-0.2, -0.15) is 0 Å². The molecule has 0 unspecified atom stereocenters. The topological polar surface area (TPSA) is 76.1 Å². The van der Waals surface area contributed by atoms with E-state index in [1.807, 2.05) is 0 Å². The van der Waals surface area contributed by atoms with Crippen molar-refractivity contribution in [3.63, 3.8) is 0 Å². The molecule has 1 amide bonds. The number of rotatable bonds is 4. The molecule has 2 heterocycles. The fourth-order valence-electron chi connectivity index (χ4n) is 2.80. The molecule has 128 valence electrons. The summed E-state index contributed by atoms with van der Waals surface area (Å²) in [5, 5.41) is 9.66. The van der Waals surface area contributed by atoms with Crippen LogP contribution in [0.3, 0.4) is 0 Å². The predicted octanol–water partition coefficient (Wildman–Crippen LogP) is 2.11. The van der Waals surface area contributed by atoms with Crippen LogP contribution < -0.4 is 0 Å². The lowest BCUT2D eigenvalue weighted by Crippen LogP contribution is -2.52. The number of carboxylic acids is 1. The zero-order chi connectivity index (χ0) is 17.3. The molecule has 6 nitrogen and oxygen atoms in total. The summed E-state index contributed by atoms with van der Waals surface area (Å²) in [5.41, 5.74) is 0.455. The Morgan fingerprint density at radius 2 is 2.29 bits per heavy atom. The summed E-state index contributed by atoms with van der Waals surface area (Å²) in [6.45, 7) is 0.470. The number of nitrogens with zero attached hydrogens (tertiary/aromatic N) is 1. The van der Waals surface area contributed by atoms with Gasteiger partial charge in [-0.1, -0.05) is 6.07 Å². The molecule has 0 bridgehead atoms. The molecule has 0 spiro atoms. The molecule has 1 aromatic carbocycles. The minimum atomic E-state index is -1.12. The lowest BCUT2D eigenvalue weighted by atomic mass is 10.1. The Bertz CT molecular complexity index is 790. The van der Waals surface area contributed by atoms with Gasteiger partial charge in [-0.25, -0.2) is 9.18 Å². The normalized spacial score (nSPS) is 18.1. The van der Waals surface area contributed by atoms with E-state index in [1.54, 1.807) is 12.1 Å². The van der Waals surface area contributed by atoms with Crippen LogP contribution in [0.1, 0.15) is 15.2 Å². The van der Waals surface area contributed by atoms with Gasteiger partial charge in [0.25, 0.3) is 5.91 Å². The molecule has 1 saturated heterocycles. The Morgan fingerprint density at radius 1 is 1.50 bits per heavy atom. The second-order valence-electron chi connectivity index (χ2n) is 5.38. The maximum atomic E-state index is 14.2. The van der Waals surface area contributed by atoms with Gasteiger partial charge in [-0.15, -0.1) is 11.3 Å². The quantitative estimate of drug-likeness (QED) is 0.911. The molecule has 1 aromatic heterocycles. The first-order valence-corrected chi connectivity index (χ1v) is 8.16. The summed E-state index contributed by atoms with van der Waals surface area (Å²) >= 11 is 1.15. The van der Waals surface area contributed by atoms with Crippen LogP contribution in [-0.2, 0) is 20.9 Å². The first-order chi connectivity index (χ1) is 11.5. The zero-order valence-electron chi connectivity index (χ0n) is 13.0. The number of benzene rings is 1. The smallest absolute Gasteiger partial charge is 0.328 e. The van der Waals surface area contributed by atoms with Crippen molar-refractivity contribution < 1.29 is 28.6 Å². The van der Waals surface area contributed by atoms with Gasteiger partial charge in [-0.05, 0) is 12.1 Å². The predicted molar refractivity (Wildman–Crippen MR) is 85.8 cm³/mol. The van der Waals surface area contributed by atoms with Crippen LogP contribution in [0.2, 0.25) is 0 Å². The molecule has 3 rings (SSSR count). The summed E-state index contributed by atoms with van der Waals surface area (Å²) in [6, 6.07) is 3.59. The first kappa shape index (κ1) is 16.8. The lowest BCUT2D eigenvalue weighted by Gasteiger charge is -2.32. The number of carbonyl (C=O) groups excluding carboxylic acids is 1. The number of morpholine rings is 1. The number of hydrogen-bond acceptors (Lipinski definition) is 5. The highest BCUT2D eigenvalue weighted by Crippen LogP contribution is 2.35. The zero-order valence-corrected chi connectivity index (χ0v) is 13.8. The number of carbonyl (C=O) groups is 2. The van der Waals surface area contributed by atoms with Crippen molar-refractivity contribution in [2.75, 3.05) is 26.9 Å². The van der Waals surface area contributed by atoms with Gasteiger partial charge >= 0.3 is 5.97 Å². The van der Waals surface area contributed by atoms with Gasteiger partial charge in [0.15, 0.2) is 6.04 Å². The standard InChI is InChI=1S/C16H16FNO5S/c1-22-7-9-13-10(17)3-2-4-12(13)24-14(9)15(19)18-5-6-23-8-11(18)16(20)21/h2-4,11H,5-8H2,1H3,(H,20,21)/t11-/m1/s1. The summed E-state index contributed by atoms with van der Waals surface area (Å²) in [4.78, 5) is 25.9. The molecule has 1 N–H and O–H groups in total. The Kier molecular flexibility index (Phi) is 4.79. The van der Waals surface area contributed by atoms with E-state index >= 15 is 0 Å². The highest BCUT2D eigenvalue weighted by Gasteiger charge is 2.35. The molecule has 2 aromatic rings. The Morgan fingerprint density at radius 3 is 3.00 bits per heavy atom. The minimum absolute atomic E-state index is 0.0556. The maximum absolute atomic E-state index is 14.2. The molecule has 24 heavy (non-hydrogen) atoms. The number of hydrogen-bond donors (Lipinski definition) is 1. The molecule has 1 aliphatic heterocycles. The van der Waals surface area contributed by atoms with Crippen LogP contribution in [0.15, 0.2) is 18.2 Å². The van der Waals surface area contributed by atoms with Gasteiger partial charge in [0, 0.05) is 29.3 Å². The number of ether oxygens (including phenoxy) is 2. The first-order valence-electron chi connectivity index (χ1n) is 7.35. The fourth-order valence-corrected chi connectivity index (χ4v) is 3.98. The summed E-state index contributed by atoms with van der Waals surface area (Å²) in [5.74, 6) is -1.98. The molecular weight excluding hydrogens is 337 g/mol. The van der Waals surface area contributed by atoms with Gasteiger partial charge in [-0.3, -0.25) is 4.79 Å². The molecular formula is C16H16FNO5S. The van der Waals surface area contributed by atoms with Crippen LogP contribution in [-0.4, -0.2) is 54.8 Å². The third-order valence-electron chi connectivity index (χ3n) is 3.92. The Hall–Kier alpha value is -2.03. The third kappa shape index (κ3) is 2.88. The molecule has 1 atom stereocenters. The largest absolute Gasteiger partial charge is 0.480 e. The van der Waals surface area contributed by atoms with Crippen molar-refractivity contribution in [1.29, 1.82) is 0 Å². The summed E-state index contributed by atoms with van der Waals surface area (Å²) < 4.78 is 25.1. The van der Waals surface area contributed by atoms with E-state index in [2.05, 4.69) is 0 Å². The van der Waals surface area contributed by atoms with E-state index in [0.29, 0.717) is 20.5 Å². The average molecular weight is 353 g/mol. The van der Waals surface area contributed by atoms with Gasteiger partial charge in [0.1, 0.15) is 5.82 Å². The number of carboxylic acid groups (broad SMARTS) is 1. The van der Waals surface area contributed by atoms with Crippen LogP contribution in [0.25, 0.3) is 10.1 Å². The van der Waals surface area contributed by atoms with Gasteiger partial charge in [0.2, 0.25) is 0 Å². The monoisotopic (exact) mass is 353 g/mol. The second kappa shape index (κ2) is 6.84. The van der Waals surface area contributed by atoms with Crippen molar-refractivity contribution in [2.45, 2.75) is 12.6 Å². The van der Waals surface area contributed by atoms with Crippen molar-refractivity contribution in [3.05, 3.63) is 34.5 Å². The van der Waals surface area contributed by atoms with Crippen molar-refractivity contribution in [2.24, 2.45) is 0 Å². The van der Waals surface area contributed by atoms with Gasteiger partial charge in [0.05, 0.1) is 24.7 Å². The molecule has 0 radical (unpaired) electrons. The number of fused-ring (bicyclic) bond motifs is 1. The molecule has 1 aliphatic rings. The highest BCUT2D eigenvalue weighted by atomic mass is 32.1. The molecule has 1 fully saturated rings. The maximum Gasteiger partial charge on any atom is 0.328 e. The molecule has 0 saturated carbocycles. The van der Waals surface area contributed by atoms with E-state index in [1.165, 1.54) is 18.1 Å².